The molecule has 0 bridgehead atoms. The van der Waals surface area contributed by atoms with Crippen molar-refractivity contribution in [2.24, 2.45) is 7.05 Å². The number of anilines is 1. The summed E-state index contributed by atoms with van der Waals surface area (Å²) in [6, 6.07) is 7.29. The largest absolute Gasteiger partial charge is 0.481 e. The maximum absolute atomic E-state index is 12.8. The maximum atomic E-state index is 12.8. The molecule has 2 aliphatic heterocycles. The first-order chi connectivity index (χ1) is 12.6. The molecule has 1 aromatic heterocycles. The Hall–Kier alpha value is -2.83. The molecule has 1 atom stereocenters. The molecule has 1 unspecified atom stereocenters. The van der Waals surface area contributed by atoms with E-state index in [9.17, 15) is 9.59 Å². The summed E-state index contributed by atoms with van der Waals surface area (Å²) in [5, 5.41) is 7.21. The second kappa shape index (κ2) is 6.82. The highest BCUT2D eigenvalue weighted by atomic mass is 16.5. The summed E-state index contributed by atoms with van der Waals surface area (Å²) in [4.78, 5) is 26.5. The lowest BCUT2D eigenvalue weighted by molar-refractivity contribution is -0.127. The first-order valence-electron chi connectivity index (χ1n) is 9.00. The van der Waals surface area contributed by atoms with Crippen LogP contribution in [0.1, 0.15) is 35.2 Å². The predicted octanol–water partition coefficient (Wildman–Crippen LogP) is 1.67. The molecule has 1 saturated heterocycles. The molecule has 2 aromatic rings. The minimum atomic E-state index is -0.525. The average molecular weight is 354 g/mol. The van der Waals surface area contributed by atoms with Gasteiger partial charge in [-0.05, 0) is 49.4 Å². The number of fused-ring (bicyclic) bond motifs is 1. The van der Waals surface area contributed by atoms with Crippen LogP contribution < -0.4 is 15.0 Å². The predicted molar refractivity (Wildman–Crippen MR) is 96.3 cm³/mol. The Morgan fingerprint density at radius 2 is 2.12 bits per heavy atom. The molecule has 3 heterocycles. The summed E-state index contributed by atoms with van der Waals surface area (Å²) >= 11 is 0. The summed E-state index contributed by atoms with van der Waals surface area (Å²) in [6.07, 6.45) is 4.57. The van der Waals surface area contributed by atoms with Gasteiger partial charge in [-0.15, -0.1) is 0 Å². The van der Waals surface area contributed by atoms with Gasteiger partial charge in [0.25, 0.3) is 11.8 Å². The molecule has 136 valence electrons. The molecule has 2 amide bonds. The van der Waals surface area contributed by atoms with Crippen LogP contribution in [0.4, 0.5) is 5.82 Å². The molecule has 1 aromatic carbocycles. The van der Waals surface area contributed by atoms with Crippen molar-refractivity contribution in [3.63, 3.8) is 0 Å². The maximum Gasteiger partial charge on any atom is 0.269 e. The summed E-state index contributed by atoms with van der Waals surface area (Å²) < 4.78 is 7.70. The Morgan fingerprint density at radius 3 is 2.92 bits per heavy atom. The third kappa shape index (κ3) is 3.16. The van der Waals surface area contributed by atoms with E-state index in [-0.39, 0.29) is 11.8 Å². The van der Waals surface area contributed by atoms with E-state index in [4.69, 9.17) is 4.74 Å². The highest BCUT2D eigenvalue weighted by Gasteiger charge is 2.32. The fourth-order valence-electron chi connectivity index (χ4n) is 3.54. The molecular formula is C19H22N4O3. The van der Waals surface area contributed by atoms with E-state index in [0.29, 0.717) is 36.6 Å². The standard InChI is InChI=1S/C19H22N4O3/c1-22-11-8-17(21-22)23-10-3-5-16(19(23)25)26-14-6-7-15-13(12-14)4-2-9-20-18(15)24/h6-8,11-12,16H,2-5,9-10H2,1H3,(H,20,24). The van der Waals surface area contributed by atoms with E-state index in [2.05, 4.69) is 10.4 Å². The molecule has 4 rings (SSSR count). The lowest BCUT2D eigenvalue weighted by Crippen LogP contribution is -2.47. The first kappa shape index (κ1) is 16.6. The zero-order chi connectivity index (χ0) is 18.1. The van der Waals surface area contributed by atoms with Crippen LogP contribution in [0.5, 0.6) is 5.75 Å². The van der Waals surface area contributed by atoms with Crippen molar-refractivity contribution in [2.45, 2.75) is 31.8 Å². The van der Waals surface area contributed by atoms with Gasteiger partial charge in [0, 0.05) is 38.0 Å². The molecule has 0 radical (unpaired) electrons. The van der Waals surface area contributed by atoms with Gasteiger partial charge < -0.3 is 10.1 Å². The quantitative estimate of drug-likeness (QED) is 0.910. The second-order valence-electron chi connectivity index (χ2n) is 6.76. The lowest BCUT2D eigenvalue weighted by Gasteiger charge is -2.31. The number of aromatic nitrogens is 2. The zero-order valence-corrected chi connectivity index (χ0v) is 14.8. The number of rotatable bonds is 3. The number of benzene rings is 1. The number of piperidine rings is 1. The number of nitrogens with zero attached hydrogens (tertiary/aromatic N) is 3. The summed E-state index contributed by atoms with van der Waals surface area (Å²) in [7, 11) is 1.83. The Morgan fingerprint density at radius 1 is 1.23 bits per heavy atom. The third-order valence-electron chi connectivity index (χ3n) is 4.87. The van der Waals surface area contributed by atoms with Crippen LogP contribution >= 0.6 is 0 Å². The number of amides is 2. The van der Waals surface area contributed by atoms with Gasteiger partial charge in [0.1, 0.15) is 5.75 Å². The van der Waals surface area contributed by atoms with Crippen LogP contribution in [-0.4, -0.2) is 40.8 Å². The van der Waals surface area contributed by atoms with Crippen LogP contribution in [0, 0.1) is 0 Å². The first-order valence-corrected chi connectivity index (χ1v) is 9.00. The van der Waals surface area contributed by atoms with Crippen LogP contribution in [-0.2, 0) is 18.3 Å². The fraction of sp³-hybridized carbons (Fsp3) is 0.421. The van der Waals surface area contributed by atoms with Crippen LogP contribution in [0.15, 0.2) is 30.5 Å². The number of hydrogen-bond acceptors (Lipinski definition) is 4. The SMILES string of the molecule is Cn1ccc(N2CCCC(Oc3ccc4c(c3)CCCNC4=O)C2=O)n1. The van der Waals surface area contributed by atoms with E-state index in [1.165, 1.54) is 0 Å². The number of hydrogen-bond donors (Lipinski definition) is 1. The fourth-order valence-corrected chi connectivity index (χ4v) is 3.54. The van der Waals surface area contributed by atoms with E-state index in [0.717, 1.165) is 24.8 Å². The van der Waals surface area contributed by atoms with Crippen LogP contribution in [0.2, 0.25) is 0 Å². The smallest absolute Gasteiger partial charge is 0.269 e. The third-order valence-corrected chi connectivity index (χ3v) is 4.87. The van der Waals surface area contributed by atoms with E-state index in [1.807, 2.05) is 25.4 Å². The molecule has 0 spiro atoms. The Kier molecular flexibility index (Phi) is 4.36. The average Bonchev–Trinajstić information content (AvgIpc) is 2.97. The van der Waals surface area contributed by atoms with Crippen molar-refractivity contribution in [3.8, 4) is 5.75 Å². The molecule has 2 aliphatic rings. The normalized spacial score (nSPS) is 20.3. The van der Waals surface area contributed by atoms with E-state index >= 15 is 0 Å². The van der Waals surface area contributed by atoms with Gasteiger partial charge in [0.2, 0.25) is 0 Å². The Balaban J connectivity index is 1.52. The van der Waals surface area contributed by atoms with Gasteiger partial charge in [-0.1, -0.05) is 0 Å². The summed E-state index contributed by atoms with van der Waals surface area (Å²) in [6.45, 7) is 1.34. The minimum Gasteiger partial charge on any atom is -0.481 e. The van der Waals surface area contributed by atoms with Crippen molar-refractivity contribution in [2.75, 3.05) is 18.0 Å². The van der Waals surface area contributed by atoms with E-state index < -0.39 is 6.10 Å². The number of nitrogens with one attached hydrogen (secondary N) is 1. The molecule has 7 heteroatoms. The molecule has 7 nitrogen and oxygen atoms in total. The molecule has 26 heavy (non-hydrogen) atoms. The lowest BCUT2D eigenvalue weighted by atomic mass is 10.0. The molecule has 0 saturated carbocycles. The number of carbonyl (C=O) groups is 2. The molecular weight excluding hydrogens is 332 g/mol. The van der Waals surface area contributed by atoms with Gasteiger partial charge in [0.15, 0.2) is 11.9 Å². The molecule has 1 N–H and O–H groups in total. The molecule has 0 aliphatic carbocycles. The van der Waals surface area contributed by atoms with E-state index in [1.54, 1.807) is 21.7 Å². The van der Waals surface area contributed by atoms with Crippen molar-refractivity contribution in [3.05, 3.63) is 41.6 Å². The monoisotopic (exact) mass is 354 g/mol. The van der Waals surface area contributed by atoms with Gasteiger partial charge in [-0.25, -0.2) is 0 Å². The Bertz CT molecular complexity index is 845. The van der Waals surface area contributed by atoms with Crippen LogP contribution in [0.3, 0.4) is 0 Å². The van der Waals surface area contributed by atoms with Gasteiger partial charge in [-0.3, -0.25) is 19.2 Å². The topological polar surface area (TPSA) is 76.5 Å². The Labute approximate surface area is 151 Å². The highest BCUT2D eigenvalue weighted by molar-refractivity contribution is 5.97. The number of aryl methyl sites for hydroxylation is 2. The second-order valence-corrected chi connectivity index (χ2v) is 6.76. The van der Waals surface area contributed by atoms with Gasteiger partial charge >= 0.3 is 0 Å². The highest BCUT2D eigenvalue weighted by Crippen LogP contribution is 2.26. The molecule has 1 fully saturated rings. The number of carbonyl (C=O) groups excluding carboxylic acids is 2. The summed E-state index contributed by atoms with van der Waals surface area (Å²) in [5.74, 6) is 1.19. The van der Waals surface area contributed by atoms with Crippen molar-refractivity contribution < 1.29 is 14.3 Å². The van der Waals surface area contributed by atoms with Crippen LogP contribution in [0.25, 0.3) is 0 Å². The van der Waals surface area contributed by atoms with Crippen molar-refractivity contribution in [1.82, 2.24) is 15.1 Å². The number of ether oxygens (including phenoxy) is 1. The minimum absolute atomic E-state index is 0.0425. The van der Waals surface area contributed by atoms with Gasteiger partial charge in [-0.2, -0.15) is 5.10 Å². The van der Waals surface area contributed by atoms with Crippen molar-refractivity contribution >= 4 is 17.6 Å². The van der Waals surface area contributed by atoms with Gasteiger partial charge in [0.05, 0.1) is 0 Å². The summed E-state index contributed by atoms with van der Waals surface area (Å²) in [5.41, 5.74) is 1.67. The van der Waals surface area contributed by atoms with Crippen molar-refractivity contribution in [1.29, 1.82) is 0 Å². The zero-order valence-electron chi connectivity index (χ0n) is 14.8.